The smallest absolute Gasteiger partial charge is 0.444 e. The van der Waals surface area contributed by atoms with Gasteiger partial charge in [0.25, 0.3) is 0 Å². The van der Waals surface area contributed by atoms with Crippen LogP contribution in [0.1, 0.15) is 45.6 Å². The van der Waals surface area contributed by atoms with Crippen molar-refractivity contribution in [1.29, 1.82) is 0 Å². The number of amides is 2. The molecule has 2 aliphatic rings. The summed E-state index contributed by atoms with van der Waals surface area (Å²) < 4.78 is 19.9. The second-order valence-corrected chi connectivity index (χ2v) is 9.60. The van der Waals surface area contributed by atoms with Gasteiger partial charge in [-0.25, -0.2) is 9.18 Å². The highest BCUT2D eigenvalue weighted by atomic mass is 19.1. The lowest BCUT2D eigenvalue weighted by Crippen LogP contribution is -2.59. The van der Waals surface area contributed by atoms with E-state index in [4.69, 9.17) is 20.5 Å². The van der Waals surface area contributed by atoms with Gasteiger partial charge in [0.05, 0.1) is 12.1 Å². The van der Waals surface area contributed by atoms with Gasteiger partial charge in [-0.05, 0) is 69.5 Å². The van der Waals surface area contributed by atoms with E-state index in [0.717, 1.165) is 25.3 Å². The molecule has 11 heteroatoms. The summed E-state index contributed by atoms with van der Waals surface area (Å²) in [5, 5.41) is 32.1. The molecule has 0 radical (unpaired) electrons. The quantitative estimate of drug-likeness (QED) is 0.280. The first-order chi connectivity index (χ1) is 14.9. The molecule has 32 heavy (non-hydrogen) atoms. The van der Waals surface area contributed by atoms with Crippen LogP contribution in [0.15, 0.2) is 18.2 Å². The molecule has 5 atom stereocenters. The second-order valence-electron chi connectivity index (χ2n) is 9.60. The molecule has 1 aromatic carbocycles. The minimum atomic E-state index is -1.82. The lowest BCUT2D eigenvalue weighted by atomic mass is 9.79. The number of piperidine rings is 1. The number of carbonyl (C=O) groups excluding carboxylic acids is 2. The summed E-state index contributed by atoms with van der Waals surface area (Å²) in [6.07, 6.45) is 0.457. The van der Waals surface area contributed by atoms with Gasteiger partial charge < -0.3 is 25.6 Å². The fourth-order valence-electron chi connectivity index (χ4n) is 4.68. The molecule has 1 saturated carbocycles. The van der Waals surface area contributed by atoms with Crippen molar-refractivity contribution >= 4 is 24.6 Å². The summed E-state index contributed by atoms with van der Waals surface area (Å²) in [6, 6.07) is 1.88. The number of halogens is 1. The topological polar surface area (TPSA) is 145 Å². The molecule has 2 amide bonds. The average molecular weight is 451 g/mol. The van der Waals surface area contributed by atoms with Gasteiger partial charge >= 0.3 is 13.2 Å². The minimum Gasteiger partial charge on any atom is -0.444 e. The molecule has 176 valence electrons. The molecule has 0 spiro atoms. The number of carbonyl (C=O) groups is 2. The zero-order valence-electron chi connectivity index (χ0n) is 18.5. The number of primary amides is 1. The maximum absolute atomic E-state index is 14.4. The van der Waals surface area contributed by atoms with E-state index in [2.05, 4.69) is 5.32 Å². The maximum atomic E-state index is 14.4. The molecule has 2 bridgehead atoms. The van der Waals surface area contributed by atoms with Crippen LogP contribution in [0.4, 0.5) is 9.18 Å². The summed E-state index contributed by atoms with van der Waals surface area (Å²) in [6.45, 7) is 5.30. The van der Waals surface area contributed by atoms with E-state index in [9.17, 15) is 19.1 Å². The van der Waals surface area contributed by atoms with Crippen molar-refractivity contribution in [1.82, 2.24) is 10.2 Å². The molecule has 0 aromatic heterocycles. The predicted octanol–water partition coefficient (Wildman–Crippen LogP) is -0.402. The van der Waals surface area contributed by atoms with E-state index in [1.165, 1.54) is 12.1 Å². The van der Waals surface area contributed by atoms with Crippen LogP contribution in [0.5, 0.6) is 0 Å². The van der Waals surface area contributed by atoms with Gasteiger partial charge in [-0.2, -0.15) is 0 Å². The van der Waals surface area contributed by atoms with E-state index >= 15 is 0 Å². The number of fused-ring (bicyclic) bond motifs is 2. The molecule has 1 heterocycles. The SMILES string of the molecule is CC(C)(C)OC(=O)N1C2CCC(C2)C1C(O)NC(Cc1ccc(B(O)O)cc1F)C(N)=O. The summed E-state index contributed by atoms with van der Waals surface area (Å²) >= 11 is 0. The first-order valence-corrected chi connectivity index (χ1v) is 10.8. The van der Waals surface area contributed by atoms with Crippen LogP contribution in [-0.2, 0) is 16.0 Å². The summed E-state index contributed by atoms with van der Waals surface area (Å²) in [5.74, 6) is -1.47. The van der Waals surface area contributed by atoms with Crippen LogP contribution in [0.3, 0.4) is 0 Å². The lowest BCUT2D eigenvalue weighted by molar-refractivity contribution is -0.121. The number of nitrogens with zero attached hydrogens (tertiary/aromatic N) is 1. The Bertz CT molecular complexity index is 864. The number of ether oxygens (including phenoxy) is 1. The highest BCUT2D eigenvalue weighted by molar-refractivity contribution is 6.58. The monoisotopic (exact) mass is 451 g/mol. The fourth-order valence-corrected chi connectivity index (χ4v) is 4.68. The predicted molar refractivity (Wildman–Crippen MR) is 115 cm³/mol. The lowest BCUT2D eigenvalue weighted by Gasteiger charge is -2.39. The number of nitrogens with two attached hydrogens (primary N) is 1. The molecule has 1 saturated heterocycles. The van der Waals surface area contributed by atoms with Gasteiger partial charge in [-0.1, -0.05) is 12.1 Å². The number of likely N-dealkylation sites (tertiary alicyclic amines) is 1. The van der Waals surface area contributed by atoms with E-state index in [-0.39, 0.29) is 29.4 Å². The highest BCUT2D eigenvalue weighted by Gasteiger charge is 2.52. The van der Waals surface area contributed by atoms with E-state index in [1.807, 2.05) is 0 Å². The third-order valence-electron chi connectivity index (χ3n) is 6.09. The minimum absolute atomic E-state index is 0.0233. The van der Waals surface area contributed by atoms with E-state index < -0.39 is 48.8 Å². The fraction of sp³-hybridized carbons (Fsp3) is 0.619. The zero-order valence-corrected chi connectivity index (χ0v) is 18.5. The summed E-state index contributed by atoms with van der Waals surface area (Å²) in [5.41, 5.74) is 4.90. The molecule has 9 nitrogen and oxygen atoms in total. The summed E-state index contributed by atoms with van der Waals surface area (Å²) in [7, 11) is -1.82. The Hall–Kier alpha value is -2.21. The van der Waals surface area contributed by atoms with Gasteiger partial charge in [0.15, 0.2) is 0 Å². The first-order valence-electron chi connectivity index (χ1n) is 10.8. The van der Waals surface area contributed by atoms with Crippen LogP contribution in [-0.4, -0.2) is 69.1 Å². The Kier molecular flexibility index (Phi) is 7.14. The van der Waals surface area contributed by atoms with Crippen LogP contribution in [0, 0.1) is 11.7 Å². The van der Waals surface area contributed by atoms with Crippen molar-refractivity contribution < 1.29 is 33.9 Å². The van der Waals surface area contributed by atoms with Crippen LogP contribution >= 0.6 is 0 Å². The normalized spacial score (nSPS) is 24.3. The number of nitrogens with one attached hydrogen (secondary N) is 1. The van der Waals surface area contributed by atoms with Crippen LogP contribution in [0.2, 0.25) is 0 Å². The Morgan fingerprint density at radius 2 is 2.03 bits per heavy atom. The van der Waals surface area contributed by atoms with Crippen LogP contribution < -0.4 is 16.5 Å². The number of aliphatic hydroxyl groups excluding tert-OH is 1. The Balaban J connectivity index is 1.74. The van der Waals surface area contributed by atoms with E-state index in [1.54, 1.807) is 25.7 Å². The number of hydrogen-bond donors (Lipinski definition) is 5. The van der Waals surface area contributed by atoms with E-state index in [0.29, 0.717) is 0 Å². The molecular weight excluding hydrogens is 420 g/mol. The number of rotatable bonds is 7. The highest BCUT2D eigenvalue weighted by Crippen LogP contribution is 2.44. The molecule has 2 fully saturated rings. The van der Waals surface area contributed by atoms with Crippen molar-refractivity contribution in [2.45, 2.75) is 76.4 Å². The van der Waals surface area contributed by atoms with Gasteiger partial charge in [-0.3, -0.25) is 15.0 Å². The van der Waals surface area contributed by atoms with Gasteiger partial charge in [0, 0.05) is 6.04 Å². The van der Waals surface area contributed by atoms with Crippen molar-refractivity contribution in [2.24, 2.45) is 11.7 Å². The molecule has 1 aliphatic heterocycles. The molecule has 1 aliphatic carbocycles. The van der Waals surface area contributed by atoms with Gasteiger partial charge in [0.2, 0.25) is 5.91 Å². The zero-order chi connectivity index (χ0) is 23.8. The average Bonchev–Trinajstić information content (AvgIpc) is 3.28. The third-order valence-corrected chi connectivity index (χ3v) is 6.09. The largest absolute Gasteiger partial charge is 0.488 e. The van der Waals surface area contributed by atoms with Crippen molar-refractivity contribution in [3.63, 3.8) is 0 Å². The van der Waals surface area contributed by atoms with Gasteiger partial charge in [-0.15, -0.1) is 0 Å². The molecule has 1 aromatic rings. The van der Waals surface area contributed by atoms with Crippen molar-refractivity contribution in [3.05, 3.63) is 29.6 Å². The third kappa shape index (κ3) is 5.40. The number of hydrogen-bond acceptors (Lipinski definition) is 7. The Morgan fingerprint density at radius 1 is 1.34 bits per heavy atom. The molecule has 6 N–H and O–H groups in total. The Morgan fingerprint density at radius 3 is 2.59 bits per heavy atom. The number of benzene rings is 1. The molecule has 5 unspecified atom stereocenters. The van der Waals surface area contributed by atoms with Crippen molar-refractivity contribution in [2.75, 3.05) is 0 Å². The van der Waals surface area contributed by atoms with Gasteiger partial charge in [0.1, 0.15) is 17.6 Å². The first kappa shape index (κ1) is 24.4. The van der Waals surface area contributed by atoms with Crippen molar-refractivity contribution in [3.8, 4) is 0 Å². The molecule has 3 rings (SSSR count). The molecular formula is C21H31BFN3O6. The second kappa shape index (κ2) is 9.34. The summed E-state index contributed by atoms with van der Waals surface area (Å²) in [4.78, 5) is 26.4. The Labute approximate surface area is 186 Å². The maximum Gasteiger partial charge on any atom is 0.488 e. The van der Waals surface area contributed by atoms with Crippen LogP contribution in [0.25, 0.3) is 0 Å². The number of aliphatic hydroxyl groups is 1. The standard InChI is InChI=1S/C21H31BFN3O6/c1-21(2,3)32-20(29)26-14-7-5-12(8-14)17(26)19(28)25-16(18(24)27)9-11-4-6-13(22(30)31)10-15(11)23/h4,6,10,12,14,16-17,19,25,28,30-31H,5,7-9H2,1-3H3,(H2,24,27).